The number of fused-ring (bicyclic) bond motifs is 1. The molecule has 4 rings (SSSR count). The van der Waals surface area contributed by atoms with Crippen molar-refractivity contribution in [3.8, 4) is 0 Å². The highest BCUT2D eigenvalue weighted by atomic mass is 32.2. The number of amides is 1. The van der Waals surface area contributed by atoms with Crippen molar-refractivity contribution in [1.29, 1.82) is 0 Å². The van der Waals surface area contributed by atoms with Gasteiger partial charge in [0.25, 0.3) is 0 Å². The molecule has 8 nitrogen and oxygen atoms in total. The average molecular weight is 424 g/mol. The number of piperidine rings is 1. The second kappa shape index (κ2) is 8.00. The number of halogens is 1. The number of imidazole rings is 1. The number of rotatable bonds is 5. The lowest BCUT2D eigenvalue weighted by molar-refractivity contribution is -0.140. The molecule has 3 heterocycles. The second-order valence-electron chi connectivity index (χ2n) is 7.70. The first-order valence-electron chi connectivity index (χ1n) is 9.82. The highest BCUT2D eigenvalue weighted by molar-refractivity contribution is 7.88. The monoisotopic (exact) mass is 424 g/mol. The Morgan fingerprint density at radius 3 is 2.76 bits per heavy atom. The third-order valence-electron chi connectivity index (χ3n) is 5.66. The molecule has 2 aliphatic rings. The largest absolute Gasteiger partial charge is 0.368 e. The first-order valence-corrected chi connectivity index (χ1v) is 11.7. The molecule has 0 radical (unpaired) electrons. The maximum Gasteiger partial charge on any atom is 0.249 e. The van der Waals surface area contributed by atoms with E-state index < -0.39 is 10.0 Å². The molecule has 0 saturated carbocycles. The zero-order valence-corrected chi connectivity index (χ0v) is 17.1. The van der Waals surface area contributed by atoms with Crippen LogP contribution in [0.15, 0.2) is 18.2 Å². The zero-order chi connectivity index (χ0) is 20.6. The molecule has 158 valence electrons. The molecule has 1 aromatic heterocycles. The topological polar surface area (TPSA) is 95.6 Å². The van der Waals surface area contributed by atoms with Gasteiger partial charge in [0.1, 0.15) is 18.2 Å². The summed E-state index contributed by atoms with van der Waals surface area (Å²) in [6.45, 7) is 1.43. The molecule has 1 amide bonds. The van der Waals surface area contributed by atoms with Crippen LogP contribution in [-0.2, 0) is 19.6 Å². The van der Waals surface area contributed by atoms with Gasteiger partial charge in [0.15, 0.2) is 0 Å². The summed E-state index contributed by atoms with van der Waals surface area (Å²) in [4.78, 5) is 22.2. The maximum atomic E-state index is 13.4. The van der Waals surface area contributed by atoms with Crippen molar-refractivity contribution in [3.63, 3.8) is 0 Å². The van der Waals surface area contributed by atoms with Crippen LogP contribution in [0.2, 0.25) is 0 Å². The number of nitrogens with one attached hydrogen (secondary N) is 1. The second-order valence-corrected chi connectivity index (χ2v) is 9.68. The van der Waals surface area contributed by atoms with Crippen LogP contribution in [0.3, 0.4) is 0 Å². The summed E-state index contributed by atoms with van der Waals surface area (Å²) in [5.41, 5.74) is 1.29. The standard InChI is InChI=1S/C19H25FN4O4S/c1-29(26,27)23-9-6-14(7-10-23)28-12-18(25)24-8-2-3-17(24)19-21-15-5-4-13(20)11-16(15)22-19/h4-5,11,14,17H,2-3,6-10,12H2,1H3,(H,21,22). The number of likely N-dealkylation sites (tertiary alicyclic amines) is 1. The van der Waals surface area contributed by atoms with E-state index in [0.717, 1.165) is 12.8 Å². The Morgan fingerprint density at radius 2 is 2.03 bits per heavy atom. The van der Waals surface area contributed by atoms with E-state index in [0.29, 0.717) is 49.3 Å². The van der Waals surface area contributed by atoms with Crippen molar-refractivity contribution >= 4 is 27.0 Å². The van der Waals surface area contributed by atoms with E-state index in [-0.39, 0.29) is 30.5 Å². The number of carbonyl (C=O) groups is 1. The van der Waals surface area contributed by atoms with Crippen LogP contribution < -0.4 is 0 Å². The summed E-state index contributed by atoms with van der Waals surface area (Å²) in [6, 6.07) is 4.22. The highest BCUT2D eigenvalue weighted by Gasteiger charge is 2.33. The molecular formula is C19H25FN4O4S. The molecule has 10 heteroatoms. The van der Waals surface area contributed by atoms with Crippen LogP contribution in [0.5, 0.6) is 0 Å². The Kier molecular flexibility index (Phi) is 5.58. The summed E-state index contributed by atoms with van der Waals surface area (Å²) in [7, 11) is -3.18. The molecule has 1 aromatic carbocycles. The molecule has 0 aliphatic carbocycles. The summed E-state index contributed by atoms with van der Waals surface area (Å²) >= 11 is 0. The molecule has 0 spiro atoms. The minimum absolute atomic E-state index is 0.0328. The molecule has 1 atom stereocenters. The molecule has 2 fully saturated rings. The van der Waals surface area contributed by atoms with Gasteiger partial charge in [-0.25, -0.2) is 22.1 Å². The van der Waals surface area contributed by atoms with Crippen LogP contribution in [0, 0.1) is 5.82 Å². The molecule has 1 N–H and O–H groups in total. The normalized spacial score (nSPS) is 21.9. The van der Waals surface area contributed by atoms with Crippen LogP contribution in [-0.4, -0.2) is 72.1 Å². The molecule has 0 bridgehead atoms. The van der Waals surface area contributed by atoms with Gasteiger partial charge in [-0.1, -0.05) is 0 Å². The fraction of sp³-hybridized carbons (Fsp3) is 0.579. The third-order valence-corrected chi connectivity index (χ3v) is 6.97. The van der Waals surface area contributed by atoms with Gasteiger partial charge in [0.05, 0.1) is 29.4 Å². The van der Waals surface area contributed by atoms with Gasteiger partial charge in [-0.3, -0.25) is 4.79 Å². The van der Waals surface area contributed by atoms with Gasteiger partial charge < -0.3 is 14.6 Å². The van der Waals surface area contributed by atoms with E-state index in [1.807, 2.05) is 0 Å². The first-order chi connectivity index (χ1) is 13.8. The van der Waals surface area contributed by atoms with Gasteiger partial charge in [-0.15, -0.1) is 0 Å². The van der Waals surface area contributed by atoms with Crippen LogP contribution in [0.25, 0.3) is 11.0 Å². The molecule has 29 heavy (non-hydrogen) atoms. The van der Waals surface area contributed by atoms with Crippen molar-refractivity contribution in [2.45, 2.75) is 37.8 Å². The van der Waals surface area contributed by atoms with Gasteiger partial charge in [0.2, 0.25) is 15.9 Å². The van der Waals surface area contributed by atoms with Crippen molar-refractivity contribution in [3.05, 3.63) is 29.8 Å². The minimum atomic E-state index is -3.18. The number of aromatic nitrogens is 2. The molecular weight excluding hydrogens is 399 g/mol. The van der Waals surface area contributed by atoms with Crippen LogP contribution >= 0.6 is 0 Å². The quantitative estimate of drug-likeness (QED) is 0.790. The number of carbonyl (C=O) groups excluding carboxylic acids is 1. The van der Waals surface area contributed by atoms with E-state index in [2.05, 4.69) is 9.97 Å². The number of nitrogens with zero attached hydrogens (tertiary/aromatic N) is 3. The maximum absolute atomic E-state index is 13.4. The zero-order valence-electron chi connectivity index (χ0n) is 16.3. The molecule has 1 unspecified atom stereocenters. The Balaban J connectivity index is 1.35. The number of hydrogen-bond acceptors (Lipinski definition) is 5. The van der Waals surface area contributed by atoms with E-state index in [1.54, 1.807) is 11.0 Å². The summed E-state index contributed by atoms with van der Waals surface area (Å²) in [5, 5.41) is 0. The fourth-order valence-electron chi connectivity index (χ4n) is 4.11. The van der Waals surface area contributed by atoms with Gasteiger partial charge in [0, 0.05) is 19.6 Å². The Labute approximate surface area is 169 Å². The van der Waals surface area contributed by atoms with Crippen molar-refractivity contribution in [1.82, 2.24) is 19.2 Å². The van der Waals surface area contributed by atoms with Gasteiger partial charge >= 0.3 is 0 Å². The van der Waals surface area contributed by atoms with E-state index in [1.165, 1.54) is 22.7 Å². The number of H-pyrrole nitrogens is 1. The smallest absolute Gasteiger partial charge is 0.249 e. The van der Waals surface area contributed by atoms with E-state index in [9.17, 15) is 17.6 Å². The van der Waals surface area contributed by atoms with E-state index in [4.69, 9.17) is 4.74 Å². The first kappa shape index (κ1) is 20.2. The van der Waals surface area contributed by atoms with Crippen molar-refractivity contribution in [2.24, 2.45) is 0 Å². The van der Waals surface area contributed by atoms with Crippen LogP contribution in [0.4, 0.5) is 4.39 Å². The summed E-state index contributed by atoms with van der Waals surface area (Å²) in [6.07, 6.45) is 3.91. The third kappa shape index (κ3) is 4.44. The lowest BCUT2D eigenvalue weighted by Crippen LogP contribution is -2.41. The predicted molar refractivity (Wildman–Crippen MR) is 105 cm³/mol. The molecule has 2 saturated heterocycles. The van der Waals surface area contributed by atoms with Gasteiger partial charge in [-0.05, 0) is 43.9 Å². The average Bonchev–Trinajstić information content (AvgIpc) is 3.32. The number of benzene rings is 1. The highest BCUT2D eigenvalue weighted by Crippen LogP contribution is 2.31. The van der Waals surface area contributed by atoms with Crippen molar-refractivity contribution < 1.29 is 22.3 Å². The fourth-order valence-corrected chi connectivity index (χ4v) is 4.99. The molecule has 2 aliphatic heterocycles. The minimum Gasteiger partial charge on any atom is -0.368 e. The molecule has 2 aromatic rings. The number of hydrogen-bond donors (Lipinski definition) is 1. The summed E-state index contributed by atoms with van der Waals surface area (Å²) in [5.74, 6) is 0.227. The number of sulfonamides is 1. The van der Waals surface area contributed by atoms with E-state index >= 15 is 0 Å². The Morgan fingerprint density at radius 1 is 1.28 bits per heavy atom. The van der Waals surface area contributed by atoms with Crippen molar-refractivity contribution in [2.75, 3.05) is 32.5 Å². The number of ether oxygens (including phenoxy) is 1. The number of aromatic amines is 1. The van der Waals surface area contributed by atoms with Gasteiger partial charge in [-0.2, -0.15) is 0 Å². The Bertz CT molecular complexity index is 1000. The Hall–Kier alpha value is -2.04. The van der Waals surface area contributed by atoms with Crippen LogP contribution in [0.1, 0.15) is 37.5 Å². The lowest BCUT2D eigenvalue weighted by atomic mass is 10.1. The SMILES string of the molecule is CS(=O)(=O)N1CCC(OCC(=O)N2CCCC2c2nc3ccc(F)cc3[nH]2)CC1. The summed E-state index contributed by atoms with van der Waals surface area (Å²) < 4.78 is 43.8. The lowest BCUT2D eigenvalue weighted by Gasteiger charge is -2.30. The predicted octanol–water partition coefficient (Wildman–Crippen LogP) is 1.81.